The standard InChI is InChI=1S/C10H10BrClN2O3/c1-6(15)14-17-5-8-7(10(16)13-11)3-2-4-9(8)12/h2-4H,5H2,1H3,(H,13,16)(H,14,15). The van der Waals surface area contributed by atoms with Crippen LogP contribution in [0.15, 0.2) is 18.2 Å². The number of hydrogen-bond acceptors (Lipinski definition) is 3. The topological polar surface area (TPSA) is 67.4 Å². The second-order valence-corrected chi connectivity index (χ2v) is 3.94. The SMILES string of the molecule is CC(=O)NOCc1c(Cl)cccc1C(=O)NBr. The molecular formula is C10H10BrClN2O3. The highest BCUT2D eigenvalue weighted by molar-refractivity contribution is 9.08. The van der Waals surface area contributed by atoms with Gasteiger partial charge in [0.2, 0.25) is 5.91 Å². The molecule has 0 radical (unpaired) electrons. The summed E-state index contributed by atoms with van der Waals surface area (Å²) >= 11 is 8.81. The number of nitrogens with one attached hydrogen (secondary N) is 2. The summed E-state index contributed by atoms with van der Waals surface area (Å²) in [6, 6.07) is 4.90. The van der Waals surface area contributed by atoms with E-state index in [-0.39, 0.29) is 18.4 Å². The van der Waals surface area contributed by atoms with Crippen LogP contribution in [0.3, 0.4) is 0 Å². The third-order valence-electron chi connectivity index (χ3n) is 1.88. The third kappa shape index (κ3) is 3.99. The largest absolute Gasteiger partial charge is 0.289 e. The first kappa shape index (κ1) is 14.0. The first-order valence-corrected chi connectivity index (χ1v) is 5.80. The minimum absolute atomic E-state index is 0.00894. The number of halogens is 2. The summed E-state index contributed by atoms with van der Waals surface area (Å²) in [7, 11) is 0. The van der Waals surface area contributed by atoms with Crippen LogP contribution in [-0.2, 0) is 16.2 Å². The van der Waals surface area contributed by atoms with Gasteiger partial charge in [0, 0.05) is 39.2 Å². The van der Waals surface area contributed by atoms with E-state index in [0.29, 0.717) is 16.1 Å². The van der Waals surface area contributed by atoms with Crippen LogP contribution in [0.25, 0.3) is 0 Å². The number of benzene rings is 1. The molecule has 92 valence electrons. The van der Waals surface area contributed by atoms with Crippen molar-refractivity contribution in [3.8, 4) is 0 Å². The summed E-state index contributed by atoms with van der Waals surface area (Å²) in [4.78, 5) is 27.1. The van der Waals surface area contributed by atoms with Crippen molar-refractivity contribution in [3.05, 3.63) is 34.3 Å². The summed E-state index contributed by atoms with van der Waals surface area (Å²) in [5, 5.41) is 0.393. The molecule has 0 unspecified atom stereocenters. The molecule has 5 nitrogen and oxygen atoms in total. The summed E-state index contributed by atoms with van der Waals surface area (Å²) in [6.45, 7) is 1.33. The molecule has 0 bridgehead atoms. The van der Waals surface area contributed by atoms with E-state index in [0.717, 1.165) is 0 Å². The average molecular weight is 322 g/mol. The summed E-state index contributed by atoms with van der Waals surface area (Å²) in [5.74, 6) is -0.669. The molecule has 0 aliphatic carbocycles. The maximum Gasteiger partial charge on any atom is 0.261 e. The van der Waals surface area contributed by atoms with E-state index < -0.39 is 0 Å². The van der Waals surface area contributed by atoms with Crippen LogP contribution in [0.1, 0.15) is 22.8 Å². The number of carbonyl (C=O) groups excluding carboxylic acids is 2. The van der Waals surface area contributed by atoms with E-state index in [1.807, 2.05) is 0 Å². The second kappa shape index (κ2) is 6.58. The Balaban J connectivity index is 2.88. The smallest absolute Gasteiger partial charge is 0.261 e. The second-order valence-electron chi connectivity index (χ2n) is 3.14. The van der Waals surface area contributed by atoms with Crippen molar-refractivity contribution in [1.29, 1.82) is 0 Å². The average Bonchev–Trinajstić information content (AvgIpc) is 2.29. The fraction of sp³-hybridized carbons (Fsp3) is 0.200. The lowest BCUT2D eigenvalue weighted by Gasteiger charge is -2.10. The van der Waals surface area contributed by atoms with Gasteiger partial charge < -0.3 is 0 Å². The van der Waals surface area contributed by atoms with E-state index in [1.54, 1.807) is 18.2 Å². The van der Waals surface area contributed by atoms with Gasteiger partial charge in [-0.1, -0.05) is 17.7 Å². The molecule has 1 aromatic carbocycles. The summed E-state index contributed by atoms with van der Waals surface area (Å²) in [6.07, 6.45) is 0. The van der Waals surface area contributed by atoms with Gasteiger partial charge in [-0.3, -0.25) is 18.8 Å². The maximum atomic E-state index is 11.5. The van der Waals surface area contributed by atoms with Crippen molar-refractivity contribution < 1.29 is 14.4 Å². The van der Waals surface area contributed by atoms with Gasteiger partial charge in [-0.2, -0.15) is 0 Å². The van der Waals surface area contributed by atoms with Gasteiger partial charge in [0.25, 0.3) is 5.91 Å². The zero-order valence-electron chi connectivity index (χ0n) is 8.92. The zero-order chi connectivity index (χ0) is 12.8. The van der Waals surface area contributed by atoms with Crippen LogP contribution in [-0.4, -0.2) is 11.8 Å². The van der Waals surface area contributed by atoms with Crippen molar-refractivity contribution in [2.75, 3.05) is 0 Å². The van der Waals surface area contributed by atoms with Crippen molar-refractivity contribution >= 4 is 39.6 Å². The molecule has 0 saturated heterocycles. The first-order chi connectivity index (χ1) is 8.06. The van der Waals surface area contributed by atoms with Crippen molar-refractivity contribution in [2.24, 2.45) is 0 Å². The minimum Gasteiger partial charge on any atom is -0.289 e. The van der Waals surface area contributed by atoms with Gasteiger partial charge in [0.15, 0.2) is 0 Å². The first-order valence-electron chi connectivity index (χ1n) is 4.63. The van der Waals surface area contributed by atoms with Gasteiger partial charge in [-0.15, -0.1) is 0 Å². The molecule has 0 aliphatic rings. The van der Waals surface area contributed by atoms with Crippen molar-refractivity contribution in [3.63, 3.8) is 0 Å². The predicted molar refractivity (Wildman–Crippen MR) is 66.5 cm³/mol. The fourth-order valence-electron chi connectivity index (χ4n) is 1.18. The molecule has 2 N–H and O–H groups in total. The van der Waals surface area contributed by atoms with Crippen LogP contribution in [0.2, 0.25) is 5.02 Å². The van der Waals surface area contributed by atoms with E-state index in [4.69, 9.17) is 16.4 Å². The molecule has 0 saturated carbocycles. The van der Waals surface area contributed by atoms with Crippen LogP contribution >= 0.6 is 27.7 Å². The molecule has 0 spiro atoms. The maximum absolute atomic E-state index is 11.5. The molecule has 0 heterocycles. The Labute approximate surface area is 112 Å². The highest BCUT2D eigenvalue weighted by Gasteiger charge is 2.13. The molecule has 0 fully saturated rings. The van der Waals surface area contributed by atoms with E-state index in [1.165, 1.54) is 6.92 Å². The molecule has 0 aliphatic heterocycles. The van der Waals surface area contributed by atoms with Crippen LogP contribution in [0, 0.1) is 0 Å². The van der Waals surface area contributed by atoms with Crippen molar-refractivity contribution in [1.82, 2.24) is 9.82 Å². The van der Waals surface area contributed by atoms with Gasteiger partial charge in [0.1, 0.15) is 6.61 Å². The monoisotopic (exact) mass is 320 g/mol. The molecule has 2 amide bonds. The van der Waals surface area contributed by atoms with E-state index in [2.05, 4.69) is 26.0 Å². The Morgan fingerprint density at radius 1 is 1.47 bits per heavy atom. The Morgan fingerprint density at radius 3 is 2.76 bits per heavy atom. The highest BCUT2D eigenvalue weighted by atomic mass is 79.9. The lowest BCUT2D eigenvalue weighted by atomic mass is 10.1. The number of rotatable bonds is 4. The lowest BCUT2D eigenvalue weighted by molar-refractivity contribution is -0.132. The number of carbonyl (C=O) groups is 2. The molecule has 7 heteroatoms. The predicted octanol–water partition coefficient (Wildman–Crippen LogP) is 1.95. The molecule has 1 rings (SSSR count). The Hall–Kier alpha value is -1.11. The normalized spacial score (nSPS) is 9.82. The summed E-state index contributed by atoms with van der Waals surface area (Å²) < 4.78 is 2.32. The zero-order valence-corrected chi connectivity index (χ0v) is 11.3. The Kier molecular flexibility index (Phi) is 5.40. The number of amides is 2. The summed E-state index contributed by atoms with van der Waals surface area (Å²) in [5.41, 5.74) is 3.04. The quantitative estimate of drug-likeness (QED) is 0.658. The van der Waals surface area contributed by atoms with Crippen LogP contribution < -0.4 is 9.82 Å². The number of hydrogen-bond donors (Lipinski definition) is 2. The van der Waals surface area contributed by atoms with Crippen molar-refractivity contribution in [2.45, 2.75) is 13.5 Å². The van der Waals surface area contributed by atoms with Crippen LogP contribution in [0.4, 0.5) is 0 Å². The van der Waals surface area contributed by atoms with E-state index >= 15 is 0 Å². The Morgan fingerprint density at radius 2 is 2.18 bits per heavy atom. The van der Waals surface area contributed by atoms with Gasteiger partial charge in [0.05, 0.1) is 0 Å². The molecular weight excluding hydrogens is 311 g/mol. The van der Waals surface area contributed by atoms with E-state index in [9.17, 15) is 9.59 Å². The van der Waals surface area contributed by atoms with Crippen LogP contribution in [0.5, 0.6) is 0 Å². The molecule has 17 heavy (non-hydrogen) atoms. The molecule has 0 atom stereocenters. The highest BCUT2D eigenvalue weighted by Crippen LogP contribution is 2.21. The van der Waals surface area contributed by atoms with Gasteiger partial charge in [-0.05, 0) is 12.1 Å². The Bertz CT molecular complexity index is 440. The minimum atomic E-state index is -0.339. The van der Waals surface area contributed by atoms with Gasteiger partial charge >= 0.3 is 0 Å². The van der Waals surface area contributed by atoms with Gasteiger partial charge in [-0.25, -0.2) is 5.48 Å². The number of hydroxylamine groups is 1. The lowest BCUT2D eigenvalue weighted by Crippen LogP contribution is -2.21. The third-order valence-corrected chi connectivity index (χ3v) is 2.60. The molecule has 1 aromatic rings. The molecule has 0 aromatic heterocycles. The fourth-order valence-corrected chi connectivity index (χ4v) is 1.62.